The second-order valence-corrected chi connectivity index (χ2v) is 9.19. The Bertz CT molecular complexity index is 953. The van der Waals surface area contributed by atoms with Crippen LogP contribution in [-0.2, 0) is 16.3 Å². The number of anilines is 2. The molecule has 26 heavy (non-hydrogen) atoms. The van der Waals surface area contributed by atoms with Gasteiger partial charge in [-0.15, -0.1) is 0 Å². The fraction of sp³-hybridized carbons (Fsp3) is 0.350. The van der Waals surface area contributed by atoms with E-state index in [1.165, 1.54) is 5.56 Å². The predicted octanol–water partition coefficient (Wildman–Crippen LogP) is 3.17. The van der Waals surface area contributed by atoms with Crippen molar-refractivity contribution in [2.45, 2.75) is 32.4 Å². The molecule has 2 unspecified atom stereocenters. The zero-order chi connectivity index (χ0) is 18.5. The molecule has 0 aromatic heterocycles. The molecule has 2 aromatic rings. The molecular weight excluding hydrogens is 348 g/mol. The monoisotopic (exact) mass is 370 g/mol. The Morgan fingerprint density at radius 2 is 1.58 bits per heavy atom. The second kappa shape index (κ2) is 6.13. The van der Waals surface area contributed by atoms with Crippen molar-refractivity contribution in [2.24, 2.45) is 0 Å². The summed E-state index contributed by atoms with van der Waals surface area (Å²) < 4.78 is 24.7. The SMILES string of the molecule is CCc1ccc(N2C(=O)N(c3ccccc3C)C3CS(=O)(=O)CC32)cc1. The molecule has 2 heterocycles. The first-order chi connectivity index (χ1) is 12.4. The number of fused-ring (bicyclic) bond motifs is 1. The van der Waals surface area contributed by atoms with Gasteiger partial charge in [-0.2, -0.15) is 0 Å². The molecule has 2 aliphatic heterocycles. The van der Waals surface area contributed by atoms with Gasteiger partial charge in [0.25, 0.3) is 0 Å². The van der Waals surface area contributed by atoms with Gasteiger partial charge in [-0.05, 0) is 42.7 Å². The highest BCUT2D eigenvalue weighted by molar-refractivity contribution is 7.91. The number of urea groups is 1. The summed E-state index contributed by atoms with van der Waals surface area (Å²) in [6, 6.07) is 14.6. The molecule has 2 amide bonds. The maximum absolute atomic E-state index is 13.3. The minimum absolute atomic E-state index is 0.0152. The van der Waals surface area contributed by atoms with Crippen LogP contribution in [0.15, 0.2) is 48.5 Å². The fourth-order valence-electron chi connectivity index (χ4n) is 4.01. The van der Waals surface area contributed by atoms with Crippen molar-refractivity contribution in [3.63, 3.8) is 0 Å². The van der Waals surface area contributed by atoms with E-state index in [1.54, 1.807) is 9.80 Å². The van der Waals surface area contributed by atoms with Crippen LogP contribution in [0.4, 0.5) is 16.2 Å². The number of nitrogens with zero attached hydrogens (tertiary/aromatic N) is 2. The van der Waals surface area contributed by atoms with Crippen LogP contribution < -0.4 is 9.80 Å². The molecule has 0 N–H and O–H groups in total. The van der Waals surface area contributed by atoms with Crippen LogP contribution in [0.25, 0.3) is 0 Å². The Labute approximate surface area is 154 Å². The number of rotatable bonds is 3. The Morgan fingerprint density at radius 1 is 0.962 bits per heavy atom. The number of para-hydroxylation sites is 1. The number of benzene rings is 2. The molecule has 2 saturated heterocycles. The van der Waals surface area contributed by atoms with Gasteiger partial charge in [0.05, 0.1) is 23.6 Å². The lowest BCUT2D eigenvalue weighted by Gasteiger charge is -2.24. The van der Waals surface area contributed by atoms with Crippen molar-refractivity contribution in [1.82, 2.24) is 0 Å². The first kappa shape index (κ1) is 17.1. The Balaban J connectivity index is 1.80. The third-order valence-electron chi connectivity index (χ3n) is 5.37. The van der Waals surface area contributed by atoms with E-state index in [0.717, 1.165) is 23.4 Å². The van der Waals surface area contributed by atoms with Gasteiger partial charge in [-0.1, -0.05) is 37.3 Å². The Hall–Kier alpha value is -2.34. The minimum atomic E-state index is -3.17. The predicted molar refractivity (Wildman–Crippen MR) is 104 cm³/mol. The Morgan fingerprint density at radius 3 is 2.19 bits per heavy atom. The summed E-state index contributed by atoms with van der Waals surface area (Å²) in [6.45, 7) is 4.02. The molecule has 0 radical (unpaired) electrons. The van der Waals surface area contributed by atoms with Crippen LogP contribution in [0, 0.1) is 6.92 Å². The summed E-state index contributed by atoms with van der Waals surface area (Å²) in [5.41, 5.74) is 3.70. The number of hydrogen-bond donors (Lipinski definition) is 0. The van der Waals surface area contributed by atoms with E-state index >= 15 is 0 Å². The molecule has 0 bridgehead atoms. The number of hydrogen-bond acceptors (Lipinski definition) is 3. The smallest absolute Gasteiger partial charge is 0.288 e. The van der Waals surface area contributed by atoms with Gasteiger partial charge in [0.2, 0.25) is 0 Å². The molecule has 0 aliphatic carbocycles. The van der Waals surface area contributed by atoms with Gasteiger partial charge < -0.3 is 0 Å². The van der Waals surface area contributed by atoms with Crippen molar-refractivity contribution in [1.29, 1.82) is 0 Å². The Kier molecular flexibility index (Phi) is 4.03. The maximum atomic E-state index is 13.3. The fourth-order valence-corrected chi connectivity index (χ4v) is 5.93. The highest BCUT2D eigenvalue weighted by Gasteiger charge is 2.54. The van der Waals surface area contributed by atoms with E-state index in [9.17, 15) is 13.2 Å². The number of sulfone groups is 1. The van der Waals surface area contributed by atoms with Crippen LogP contribution >= 0.6 is 0 Å². The highest BCUT2D eigenvalue weighted by atomic mass is 32.2. The third kappa shape index (κ3) is 2.69. The molecule has 4 rings (SSSR count). The number of amides is 2. The largest absolute Gasteiger partial charge is 0.329 e. The highest BCUT2D eigenvalue weighted by Crippen LogP contribution is 2.38. The molecule has 6 heteroatoms. The summed E-state index contributed by atoms with van der Waals surface area (Å²) in [5, 5.41) is 0. The molecule has 2 aromatic carbocycles. The topological polar surface area (TPSA) is 57.7 Å². The van der Waals surface area contributed by atoms with Crippen molar-refractivity contribution in [3.05, 3.63) is 59.7 Å². The lowest BCUT2D eigenvalue weighted by Crippen LogP contribution is -2.38. The lowest BCUT2D eigenvalue weighted by atomic mass is 10.1. The molecule has 0 spiro atoms. The number of carbonyl (C=O) groups is 1. The molecule has 2 aliphatic rings. The summed E-state index contributed by atoms with van der Waals surface area (Å²) in [7, 11) is -3.17. The number of aryl methyl sites for hydroxylation is 2. The zero-order valence-corrected chi connectivity index (χ0v) is 15.7. The first-order valence-electron chi connectivity index (χ1n) is 8.88. The van der Waals surface area contributed by atoms with Crippen molar-refractivity contribution >= 4 is 27.2 Å². The van der Waals surface area contributed by atoms with Gasteiger partial charge in [-0.3, -0.25) is 9.80 Å². The van der Waals surface area contributed by atoms with Crippen LogP contribution in [0.2, 0.25) is 0 Å². The molecular formula is C20H22N2O3S. The van der Waals surface area contributed by atoms with Crippen LogP contribution in [0.1, 0.15) is 18.1 Å². The molecule has 2 fully saturated rings. The summed E-state index contributed by atoms with van der Waals surface area (Å²) in [5.74, 6) is 0.0304. The quantitative estimate of drug-likeness (QED) is 0.780. The van der Waals surface area contributed by atoms with E-state index in [1.807, 2.05) is 55.5 Å². The van der Waals surface area contributed by atoms with Crippen LogP contribution in [0.3, 0.4) is 0 Å². The standard InChI is InChI=1S/C20H22N2O3S/c1-3-15-8-10-16(11-9-15)21-18-12-26(24,25)13-19(18)22(20(21)23)17-7-5-4-6-14(17)2/h4-11,18-19H,3,12-13H2,1-2H3. The summed E-state index contributed by atoms with van der Waals surface area (Å²) in [4.78, 5) is 16.6. The summed E-state index contributed by atoms with van der Waals surface area (Å²) in [6.07, 6.45) is 0.921. The third-order valence-corrected chi connectivity index (χ3v) is 7.07. The first-order valence-corrected chi connectivity index (χ1v) is 10.7. The van der Waals surface area contributed by atoms with E-state index in [2.05, 4.69) is 6.92 Å². The van der Waals surface area contributed by atoms with Crippen molar-refractivity contribution in [2.75, 3.05) is 21.3 Å². The van der Waals surface area contributed by atoms with Crippen LogP contribution in [-0.4, -0.2) is 38.0 Å². The van der Waals surface area contributed by atoms with E-state index in [0.29, 0.717) is 0 Å². The van der Waals surface area contributed by atoms with Gasteiger partial charge in [-0.25, -0.2) is 13.2 Å². The molecule has 0 saturated carbocycles. The molecule has 5 nitrogen and oxygen atoms in total. The van der Waals surface area contributed by atoms with Crippen LogP contribution in [0.5, 0.6) is 0 Å². The molecule has 136 valence electrons. The van der Waals surface area contributed by atoms with Gasteiger partial charge in [0.1, 0.15) is 0 Å². The molecule has 2 atom stereocenters. The lowest BCUT2D eigenvalue weighted by molar-refractivity contribution is 0.255. The normalized spacial score (nSPS) is 24.2. The summed E-state index contributed by atoms with van der Waals surface area (Å²) >= 11 is 0. The van der Waals surface area contributed by atoms with Crippen molar-refractivity contribution in [3.8, 4) is 0 Å². The second-order valence-electron chi connectivity index (χ2n) is 7.04. The van der Waals surface area contributed by atoms with E-state index in [-0.39, 0.29) is 29.6 Å². The van der Waals surface area contributed by atoms with Gasteiger partial charge in [0.15, 0.2) is 9.84 Å². The average Bonchev–Trinajstić information content (AvgIpc) is 3.05. The zero-order valence-electron chi connectivity index (χ0n) is 14.9. The maximum Gasteiger partial charge on any atom is 0.329 e. The van der Waals surface area contributed by atoms with E-state index in [4.69, 9.17) is 0 Å². The minimum Gasteiger partial charge on any atom is -0.288 e. The average molecular weight is 370 g/mol. The van der Waals surface area contributed by atoms with Gasteiger partial charge >= 0.3 is 6.03 Å². The van der Waals surface area contributed by atoms with E-state index < -0.39 is 9.84 Å². The van der Waals surface area contributed by atoms with Crippen molar-refractivity contribution < 1.29 is 13.2 Å². The number of carbonyl (C=O) groups excluding carboxylic acids is 1. The van der Waals surface area contributed by atoms with Gasteiger partial charge in [0, 0.05) is 11.4 Å².